The second-order valence-corrected chi connectivity index (χ2v) is 12.5. The fourth-order valence-corrected chi connectivity index (χ4v) is 6.37. The molecule has 2 aromatic rings. The van der Waals surface area contributed by atoms with E-state index in [0.717, 1.165) is 25.7 Å². The average molecular weight is 619 g/mol. The molecule has 2 aliphatic carbocycles. The smallest absolute Gasteiger partial charge is 0.165 e. The zero-order valence-corrected chi connectivity index (χ0v) is 23.6. The molecule has 2 aromatic carbocycles. The van der Waals surface area contributed by atoms with Gasteiger partial charge in [-0.25, -0.2) is 35.1 Å². The van der Waals surface area contributed by atoms with Gasteiger partial charge in [0.05, 0.1) is 0 Å². The molecule has 11 heteroatoms. The predicted molar refractivity (Wildman–Crippen MR) is 139 cm³/mol. The predicted octanol–water partition coefficient (Wildman–Crippen LogP) is 8.01. The molecule has 0 bridgehead atoms. The Balaban J connectivity index is 1.20. The van der Waals surface area contributed by atoms with E-state index in [4.69, 9.17) is 14.2 Å². The quantitative estimate of drug-likeness (QED) is 0.200. The maximum absolute atomic E-state index is 15.0. The van der Waals surface area contributed by atoms with Gasteiger partial charge in [-0.15, -0.1) is 0 Å². The maximum Gasteiger partial charge on any atom is 0.165 e. The van der Waals surface area contributed by atoms with Crippen molar-refractivity contribution in [2.75, 3.05) is 13.2 Å². The summed E-state index contributed by atoms with van der Waals surface area (Å²) in [7, 11) is 0. The molecule has 0 aromatic heterocycles. The number of benzene rings is 2. The van der Waals surface area contributed by atoms with E-state index < -0.39 is 106 Å². The van der Waals surface area contributed by atoms with E-state index in [1.165, 1.54) is 0 Å². The van der Waals surface area contributed by atoms with Crippen molar-refractivity contribution < 1.29 is 49.3 Å². The molecule has 43 heavy (non-hydrogen) atoms. The van der Waals surface area contributed by atoms with Gasteiger partial charge in [0.2, 0.25) is 0 Å². The van der Waals surface area contributed by atoms with Gasteiger partial charge < -0.3 is 14.2 Å². The Kier molecular flexibility index (Phi) is 9.04. The normalized spacial score (nSPS) is 26.2. The van der Waals surface area contributed by atoms with Gasteiger partial charge in [0.1, 0.15) is 0 Å². The minimum atomic E-state index is -1.44. The molecule has 4 unspecified atom stereocenters. The number of hydrogen-bond donors (Lipinski definition) is 0. The standard InChI is InChI=1S/C32H34F8O3/c33-23-19(11-15-5-6-15)24(34)28(38)21(27(23)37)13-17-3-1-9-41-31(17)43-32-18(4-2-10-42-32)14-22-29(39)25(35)20(12-16-7-8-16)26(36)30(22)40/h15-18,31-32H,1-14H2. The van der Waals surface area contributed by atoms with Crippen LogP contribution < -0.4 is 0 Å². The lowest BCUT2D eigenvalue weighted by Crippen LogP contribution is -2.42. The van der Waals surface area contributed by atoms with E-state index in [0.29, 0.717) is 25.7 Å². The molecule has 0 N–H and O–H groups in total. The summed E-state index contributed by atoms with van der Waals surface area (Å²) in [4.78, 5) is 0. The lowest BCUT2D eigenvalue weighted by Gasteiger charge is -2.38. The van der Waals surface area contributed by atoms with Crippen molar-refractivity contribution in [1.29, 1.82) is 0 Å². The molecule has 3 nitrogen and oxygen atoms in total. The summed E-state index contributed by atoms with van der Waals surface area (Å²) in [5.74, 6) is -12.7. The third-order valence-corrected chi connectivity index (χ3v) is 9.24. The molecule has 2 aliphatic heterocycles. The van der Waals surface area contributed by atoms with Crippen LogP contribution in [0.25, 0.3) is 0 Å². The van der Waals surface area contributed by atoms with Crippen molar-refractivity contribution in [1.82, 2.24) is 0 Å². The topological polar surface area (TPSA) is 27.7 Å². The van der Waals surface area contributed by atoms with Crippen molar-refractivity contribution in [3.05, 3.63) is 68.8 Å². The molecular weight excluding hydrogens is 584 g/mol. The number of rotatable bonds is 10. The molecule has 236 valence electrons. The lowest BCUT2D eigenvalue weighted by atomic mass is 9.89. The van der Waals surface area contributed by atoms with E-state index in [1.54, 1.807) is 0 Å². The van der Waals surface area contributed by atoms with Crippen LogP contribution in [0, 0.1) is 70.2 Å². The summed E-state index contributed by atoms with van der Waals surface area (Å²) in [6.07, 6.45) is 1.52. The summed E-state index contributed by atoms with van der Waals surface area (Å²) >= 11 is 0. The third-order valence-electron chi connectivity index (χ3n) is 9.24. The molecule has 2 saturated heterocycles. The summed E-state index contributed by atoms with van der Waals surface area (Å²) in [6.45, 7) is 0.462. The highest BCUT2D eigenvalue weighted by Crippen LogP contribution is 2.39. The van der Waals surface area contributed by atoms with Crippen LogP contribution in [0.4, 0.5) is 35.1 Å². The Labute approximate surface area is 244 Å². The Morgan fingerprint density at radius 3 is 1.05 bits per heavy atom. The Hall–Kier alpha value is -2.24. The van der Waals surface area contributed by atoms with E-state index >= 15 is 17.6 Å². The Morgan fingerprint density at radius 2 is 0.744 bits per heavy atom. The highest BCUT2D eigenvalue weighted by molar-refractivity contribution is 5.32. The summed E-state index contributed by atoms with van der Waals surface area (Å²) in [6, 6.07) is 0. The van der Waals surface area contributed by atoms with Crippen LogP contribution in [0.2, 0.25) is 0 Å². The van der Waals surface area contributed by atoms with Crippen LogP contribution in [-0.4, -0.2) is 25.8 Å². The van der Waals surface area contributed by atoms with Gasteiger partial charge in [0, 0.05) is 47.3 Å². The molecule has 0 radical (unpaired) electrons. The van der Waals surface area contributed by atoms with Crippen molar-refractivity contribution in [2.45, 2.75) is 89.6 Å². The van der Waals surface area contributed by atoms with Gasteiger partial charge in [-0.1, -0.05) is 0 Å². The van der Waals surface area contributed by atoms with Gasteiger partial charge in [0.15, 0.2) is 59.1 Å². The summed E-state index contributed by atoms with van der Waals surface area (Å²) in [5, 5.41) is 0. The van der Waals surface area contributed by atoms with Gasteiger partial charge in [-0.3, -0.25) is 0 Å². The van der Waals surface area contributed by atoms with Crippen LogP contribution in [0.5, 0.6) is 0 Å². The van der Waals surface area contributed by atoms with Crippen LogP contribution >= 0.6 is 0 Å². The fourth-order valence-electron chi connectivity index (χ4n) is 6.37. The maximum atomic E-state index is 15.0. The number of hydrogen-bond acceptors (Lipinski definition) is 3. The molecule has 4 fully saturated rings. The summed E-state index contributed by atoms with van der Waals surface area (Å²) < 4.78 is 137. The molecule has 6 rings (SSSR count). The fraction of sp³-hybridized carbons (Fsp3) is 0.625. The second kappa shape index (κ2) is 12.6. The first-order chi connectivity index (χ1) is 20.6. The van der Waals surface area contributed by atoms with Gasteiger partial charge in [-0.2, -0.15) is 0 Å². The van der Waals surface area contributed by atoms with Gasteiger partial charge in [-0.05, 0) is 88.9 Å². The first-order valence-corrected chi connectivity index (χ1v) is 15.2. The zero-order chi connectivity index (χ0) is 30.4. The van der Waals surface area contributed by atoms with E-state index in [2.05, 4.69) is 0 Å². The molecule has 2 saturated carbocycles. The number of halogens is 8. The summed E-state index contributed by atoms with van der Waals surface area (Å²) in [5.41, 5.74) is -2.64. The molecular formula is C32H34F8O3. The SMILES string of the molecule is Fc1c(F)c(CC2CCCOC2OC2OCCCC2Cc2c(F)c(F)c(CC3CC3)c(F)c2F)c(F)c(F)c1CC1CC1. The Bertz CT molecular complexity index is 1200. The first kappa shape index (κ1) is 30.8. The monoisotopic (exact) mass is 618 g/mol. The minimum Gasteiger partial charge on any atom is -0.352 e. The van der Waals surface area contributed by atoms with E-state index in [9.17, 15) is 17.6 Å². The van der Waals surface area contributed by atoms with Crippen molar-refractivity contribution in [3.63, 3.8) is 0 Å². The lowest BCUT2D eigenvalue weighted by molar-refractivity contribution is -0.296. The van der Waals surface area contributed by atoms with Crippen LogP contribution in [0.1, 0.15) is 73.6 Å². The van der Waals surface area contributed by atoms with Crippen LogP contribution in [0.3, 0.4) is 0 Å². The molecule has 4 aliphatic rings. The van der Waals surface area contributed by atoms with Crippen molar-refractivity contribution in [2.24, 2.45) is 23.7 Å². The minimum absolute atomic E-state index is 0.0113. The molecule has 0 spiro atoms. The van der Waals surface area contributed by atoms with Crippen LogP contribution in [-0.2, 0) is 39.9 Å². The highest BCUT2D eigenvalue weighted by atomic mass is 19.2. The highest BCUT2D eigenvalue weighted by Gasteiger charge is 2.39. The van der Waals surface area contributed by atoms with E-state index in [1.807, 2.05) is 0 Å². The second-order valence-electron chi connectivity index (χ2n) is 12.5. The first-order valence-electron chi connectivity index (χ1n) is 15.2. The average Bonchev–Trinajstić information content (AvgIpc) is 3.94. The van der Waals surface area contributed by atoms with Crippen LogP contribution in [0.15, 0.2) is 0 Å². The number of ether oxygens (including phenoxy) is 3. The molecule has 0 amide bonds. The third kappa shape index (κ3) is 6.45. The molecule has 2 heterocycles. The van der Waals surface area contributed by atoms with Gasteiger partial charge >= 0.3 is 0 Å². The molecule has 4 atom stereocenters. The zero-order valence-electron chi connectivity index (χ0n) is 23.6. The van der Waals surface area contributed by atoms with Crippen molar-refractivity contribution >= 4 is 0 Å². The Morgan fingerprint density at radius 1 is 0.442 bits per heavy atom. The largest absolute Gasteiger partial charge is 0.352 e. The van der Waals surface area contributed by atoms with E-state index in [-0.39, 0.29) is 37.9 Å². The van der Waals surface area contributed by atoms with Crippen molar-refractivity contribution in [3.8, 4) is 0 Å². The van der Waals surface area contributed by atoms with Gasteiger partial charge in [0.25, 0.3) is 0 Å².